The van der Waals surface area contributed by atoms with Crippen molar-refractivity contribution in [2.75, 3.05) is 13.6 Å². The third-order valence-electron chi connectivity index (χ3n) is 3.88. The first-order chi connectivity index (χ1) is 9.49. The molecule has 0 amide bonds. The van der Waals surface area contributed by atoms with Gasteiger partial charge in [-0.2, -0.15) is 0 Å². The predicted molar refractivity (Wildman–Crippen MR) is 76.2 cm³/mol. The van der Waals surface area contributed by atoms with Gasteiger partial charge >= 0.3 is 5.69 Å². The number of rotatable bonds is 3. The molecule has 0 aliphatic carbocycles. The molecule has 6 nitrogen and oxygen atoms in total. The van der Waals surface area contributed by atoms with Crippen LogP contribution in [0.25, 0.3) is 0 Å². The fourth-order valence-electron chi connectivity index (χ4n) is 2.41. The van der Waals surface area contributed by atoms with Crippen molar-refractivity contribution in [2.24, 2.45) is 11.1 Å². The van der Waals surface area contributed by atoms with Crippen molar-refractivity contribution in [3.8, 4) is 5.75 Å². The third kappa shape index (κ3) is 3.14. The maximum absolute atomic E-state index is 10.9. The number of nitro groups is 1. The van der Waals surface area contributed by atoms with E-state index in [-0.39, 0.29) is 11.4 Å². The Bertz CT molecular complexity index is 530. The fourth-order valence-corrected chi connectivity index (χ4v) is 2.41. The molecule has 6 heteroatoms. The van der Waals surface area contributed by atoms with E-state index >= 15 is 0 Å². The van der Waals surface area contributed by atoms with E-state index in [1.807, 2.05) is 0 Å². The molecule has 1 unspecified atom stereocenters. The molecule has 1 aliphatic rings. The summed E-state index contributed by atoms with van der Waals surface area (Å²) in [5, 5.41) is 15.1. The quantitative estimate of drug-likeness (QED) is 0.668. The van der Waals surface area contributed by atoms with Crippen molar-refractivity contribution < 1.29 is 14.7 Å². The van der Waals surface area contributed by atoms with Crippen molar-refractivity contribution in [2.45, 2.75) is 26.3 Å². The van der Waals surface area contributed by atoms with E-state index in [0.717, 1.165) is 18.7 Å². The zero-order valence-corrected chi connectivity index (χ0v) is 12.0. The van der Waals surface area contributed by atoms with Gasteiger partial charge in [-0.05, 0) is 13.0 Å². The molecule has 0 bridgehead atoms. The molecule has 2 rings (SSSR count). The Balaban J connectivity index is 2.15. The van der Waals surface area contributed by atoms with Crippen molar-refractivity contribution >= 4 is 11.4 Å². The molecular weight excluding hydrogens is 258 g/mol. The van der Waals surface area contributed by atoms with Gasteiger partial charge in [0.15, 0.2) is 0 Å². The molecule has 20 heavy (non-hydrogen) atoms. The number of nitro benzene ring substituents is 1. The number of quaternary nitrogens is 1. The first-order valence-electron chi connectivity index (χ1n) is 6.78. The summed E-state index contributed by atoms with van der Waals surface area (Å²) < 4.78 is 0. The van der Waals surface area contributed by atoms with Crippen LogP contribution in [-0.4, -0.2) is 30.3 Å². The van der Waals surface area contributed by atoms with Crippen LogP contribution in [0.15, 0.2) is 29.4 Å². The number of piperidine rings is 1. The minimum Gasteiger partial charge on any atom is -0.350 e. The van der Waals surface area contributed by atoms with Crippen LogP contribution in [-0.2, 0) is 0 Å². The van der Waals surface area contributed by atoms with Gasteiger partial charge in [0.25, 0.3) is 0 Å². The smallest absolute Gasteiger partial charge is 0.314 e. The van der Waals surface area contributed by atoms with Gasteiger partial charge in [-0.25, -0.2) is 0 Å². The Labute approximate surface area is 118 Å². The van der Waals surface area contributed by atoms with Crippen molar-refractivity contribution in [3.05, 3.63) is 34.4 Å². The van der Waals surface area contributed by atoms with Gasteiger partial charge in [0.05, 0.1) is 30.3 Å². The number of para-hydroxylation sites is 2. The van der Waals surface area contributed by atoms with E-state index in [4.69, 9.17) is 4.84 Å². The molecule has 1 fully saturated rings. The molecule has 0 saturated carbocycles. The van der Waals surface area contributed by atoms with E-state index in [9.17, 15) is 10.1 Å². The zero-order valence-electron chi connectivity index (χ0n) is 12.0. The molecule has 0 spiro atoms. The second-order valence-corrected chi connectivity index (χ2v) is 5.46. The number of nitrogens with one attached hydrogen (secondary N) is 1. The van der Waals surface area contributed by atoms with Crippen LogP contribution >= 0.6 is 0 Å². The van der Waals surface area contributed by atoms with Gasteiger partial charge in [-0.3, -0.25) is 10.1 Å². The second-order valence-electron chi connectivity index (χ2n) is 5.46. The number of hydrogen-bond acceptors (Lipinski definition) is 4. The van der Waals surface area contributed by atoms with Gasteiger partial charge in [-0.1, -0.05) is 24.2 Å². The van der Waals surface area contributed by atoms with Crippen molar-refractivity contribution in [1.29, 1.82) is 0 Å². The summed E-state index contributed by atoms with van der Waals surface area (Å²) in [6.07, 6.45) is 0.855. The Kier molecular flexibility index (Phi) is 4.34. The molecule has 1 aromatic rings. The third-order valence-corrected chi connectivity index (χ3v) is 3.88. The van der Waals surface area contributed by atoms with Crippen LogP contribution in [0.5, 0.6) is 5.75 Å². The topological polar surface area (TPSA) is 69.2 Å². The number of nitrogens with zero attached hydrogens (tertiary/aromatic N) is 2. The molecular formula is C14H20N3O3+. The first-order valence-corrected chi connectivity index (χ1v) is 6.78. The highest BCUT2D eigenvalue weighted by atomic mass is 16.6. The zero-order chi connectivity index (χ0) is 14.7. The summed E-state index contributed by atoms with van der Waals surface area (Å²) in [5.74, 6) is 0.519. The lowest BCUT2D eigenvalue weighted by molar-refractivity contribution is -0.908. The van der Waals surface area contributed by atoms with Crippen LogP contribution in [0.1, 0.15) is 20.3 Å². The van der Waals surface area contributed by atoms with Crippen LogP contribution in [0.2, 0.25) is 0 Å². The lowest BCUT2D eigenvalue weighted by Gasteiger charge is -2.31. The molecule has 3 atom stereocenters. The summed E-state index contributed by atoms with van der Waals surface area (Å²) in [6, 6.07) is 6.78. The average Bonchev–Trinajstić information content (AvgIpc) is 2.41. The first kappa shape index (κ1) is 14.5. The van der Waals surface area contributed by atoms with Crippen LogP contribution in [0.3, 0.4) is 0 Å². The molecule has 0 aromatic heterocycles. The Morgan fingerprint density at radius 1 is 1.40 bits per heavy atom. The molecule has 1 aliphatic heterocycles. The second kappa shape index (κ2) is 6.00. The predicted octanol–water partition coefficient (Wildman–Crippen LogP) is 1.27. The summed E-state index contributed by atoms with van der Waals surface area (Å²) in [6.45, 7) is 5.28. The standard InChI is InChI=1S/C14H19N3O3/c1-10-9-16(3)11(2)8-12(10)15-20-14-7-5-4-6-13(14)17(18)19/h4-7,10-11H,8-9H2,1-3H3/p+1/b15-12-/t10-,11+/m0/s1. The van der Waals surface area contributed by atoms with E-state index in [0.29, 0.717) is 12.0 Å². The van der Waals surface area contributed by atoms with Crippen LogP contribution in [0.4, 0.5) is 5.69 Å². The Morgan fingerprint density at radius 2 is 2.10 bits per heavy atom. The molecule has 1 aromatic carbocycles. The van der Waals surface area contributed by atoms with Crippen LogP contribution < -0.4 is 9.74 Å². The van der Waals surface area contributed by atoms with E-state index in [2.05, 4.69) is 26.1 Å². The van der Waals surface area contributed by atoms with Gasteiger partial charge in [0.2, 0.25) is 5.75 Å². The minimum absolute atomic E-state index is 0.0592. The highest BCUT2D eigenvalue weighted by Crippen LogP contribution is 2.26. The number of oxime groups is 1. The summed E-state index contributed by atoms with van der Waals surface area (Å²) in [4.78, 5) is 17.3. The summed E-state index contributed by atoms with van der Waals surface area (Å²) in [7, 11) is 2.17. The van der Waals surface area contributed by atoms with Crippen LogP contribution in [0, 0.1) is 16.0 Å². The number of likely N-dealkylation sites (tertiary alicyclic amines) is 1. The Morgan fingerprint density at radius 3 is 2.80 bits per heavy atom. The molecule has 1 N–H and O–H groups in total. The molecule has 1 heterocycles. The average molecular weight is 278 g/mol. The molecule has 1 saturated heterocycles. The Hall–Kier alpha value is -1.95. The van der Waals surface area contributed by atoms with Gasteiger partial charge in [0.1, 0.15) is 0 Å². The van der Waals surface area contributed by atoms with Gasteiger partial charge < -0.3 is 9.74 Å². The molecule has 108 valence electrons. The maximum atomic E-state index is 10.9. The lowest BCUT2D eigenvalue weighted by atomic mass is 9.93. The highest BCUT2D eigenvalue weighted by Gasteiger charge is 2.29. The van der Waals surface area contributed by atoms with E-state index in [1.54, 1.807) is 18.2 Å². The van der Waals surface area contributed by atoms with Gasteiger partial charge in [0, 0.05) is 18.4 Å². The largest absolute Gasteiger partial charge is 0.350 e. The fraction of sp³-hybridized carbons (Fsp3) is 0.500. The monoisotopic (exact) mass is 278 g/mol. The summed E-state index contributed by atoms with van der Waals surface area (Å²) in [5.41, 5.74) is 0.914. The van der Waals surface area contributed by atoms with Crippen molar-refractivity contribution in [3.63, 3.8) is 0 Å². The molecule has 0 radical (unpaired) electrons. The summed E-state index contributed by atoms with van der Waals surface area (Å²) >= 11 is 0. The normalized spacial score (nSPS) is 28.4. The van der Waals surface area contributed by atoms with E-state index < -0.39 is 4.92 Å². The number of hydrogen-bond donors (Lipinski definition) is 1. The minimum atomic E-state index is -0.458. The number of benzene rings is 1. The lowest BCUT2D eigenvalue weighted by Crippen LogP contribution is -3.14. The van der Waals surface area contributed by atoms with Gasteiger partial charge in [-0.15, -0.1) is 0 Å². The highest BCUT2D eigenvalue weighted by molar-refractivity contribution is 5.87. The van der Waals surface area contributed by atoms with E-state index in [1.165, 1.54) is 11.0 Å². The van der Waals surface area contributed by atoms with Crippen molar-refractivity contribution in [1.82, 2.24) is 0 Å². The maximum Gasteiger partial charge on any atom is 0.314 e. The SMILES string of the molecule is C[C@@H]1C/C(=N/Oc2ccccc2[N+](=O)[O-])[C@@H](C)C[NH+]1C.